The van der Waals surface area contributed by atoms with Crippen molar-refractivity contribution in [3.8, 4) is 0 Å². The Hall–Kier alpha value is -2.58. The van der Waals surface area contributed by atoms with Gasteiger partial charge in [-0.3, -0.25) is 14.4 Å². The third-order valence-electron chi connectivity index (χ3n) is 4.07. The molecule has 0 unspecified atom stereocenters. The fraction of sp³-hybridized carbons (Fsp3) is 0.471. The van der Waals surface area contributed by atoms with Crippen LogP contribution in [0.3, 0.4) is 0 Å². The van der Waals surface area contributed by atoms with Crippen LogP contribution in [0.4, 0.5) is 13.2 Å². The highest BCUT2D eigenvalue weighted by atomic mass is 19.4. The molecule has 2 rings (SSSR count). The van der Waals surface area contributed by atoms with Crippen LogP contribution in [0.1, 0.15) is 24.9 Å². The number of alkyl halides is 3. The first-order valence-corrected chi connectivity index (χ1v) is 8.02. The fourth-order valence-corrected chi connectivity index (χ4v) is 2.68. The number of halogens is 3. The predicted molar refractivity (Wildman–Crippen MR) is 84.7 cm³/mol. The number of hydrogen-bond acceptors (Lipinski definition) is 4. The monoisotopic (exact) mass is 372 g/mol. The lowest BCUT2D eigenvalue weighted by molar-refractivity contribution is -0.154. The fourth-order valence-electron chi connectivity index (χ4n) is 2.68. The Bertz CT molecular complexity index is 664. The summed E-state index contributed by atoms with van der Waals surface area (Å²) in [7, 11) is 0. The maximum Gasteiger partial charge on any atom is 0.405 e. The number of ether oxygens (including phenoxy) is 1. The number of carbonyl (C=O) groups is 3. The Morgan fingerprint density at radius 1 is 1.31 bits per heavy atom. The molecule has 1 heterocycles. The van der Waals surface area contributed by atoms with Crippen molar-refractivity contribution in [3.63, 3.8) is 0 Å². The van der Waals surface area contributed by atoms with Gasteiger partial charge in [-0.05, 0) is 12.5 Å². The number of benzene rings is 1. The van der Waals surface area contributed by atoms with Gasteiger partial charge in [0.1, 0.15) is 6.54 Å². The topological polar surface area (TPSA) is 75.7 Å². The quantitative estimate of drug-likeness (QED) is 0.773. The molecular formula is C17H19F3N2O4. The predicted octanol–water partition coefficient (Wildman–Crippen LogP) is 1.82. The second kappa shape index (κ2) is 8.20. The number of carbonyl (C=O) groups excluding carboxylic acids is 3. The first-order valence-electron chi connectivity index (χ1n) is 8.02. The van der Waals surface area contributed by atoms with E-state index in [0.717, 1.165) is 5.56 Å². The highest BCUT2D eigenvalue weighted by molar-refractivity contribution is 5.88. The van der Waals surface area contributed by atoms with E-state index >= 15 is 0 Å². The Labute approximate surface area is 148 Å². The zero-order chi connectivity index (χ0) is 19.3. The Morgan fingerprint density at radius 3 is 2.58 bits per heavy atom. The number of likely N-dealkylation sites (tertiary alicyclic amines) is 1. The summed E-state index contributed by atoms with van der Waals surface area (Å²) in [6, 6.07) is 9.06. The van der Waals surface area contributed by atoms with Crippen LogP contribution >= 0.6 is 0 Å². The van der Waals surface area contributed by atoms with Crippen LogP contribution in [0.25, 0.3) is 0 Å². The summed E-state index contributed by atoms with van der Waals surface area (Å²) >= 11 is 0. The van der Waals surface area contributed by atoms with Crippen LogP contribution in [0.5, 0.6) is 0 Å². The van der Waals surface area contributed by atoms with Crippen LogP contribution in [0.2, 0.25) is 0 Å². The summed E-state index contributed by atoms with van der Waals surface area (Å²) in [4.78, 5) is 37.0. The molecule has 1 aromatic carbocycles. The molecule has 2 atom stereocenters. The molecule has 26 heavy (non-hydrogen) atoms. The van der Waals surface area contributed by atoms with E-state index in [1.807, 2.05) is 37.3 Å². The molecule has 1 fully saturated rings. The van der Waals surface area contributed by atoms with Crippen molar-refractivity contribution in [1.29, 1.82) is 0 Å². The number of hydrogen-bond donors (Lipinski definition) is 1. The van der Waals surface area contributed by atoms with Crippen LogP contribution in [0, 0.1) is 5.92 Å². The maximum atomic E-state index is 12.2. The summed E-state index contributed by atoms with van der Waals surface area (Å²) in [6.45, 7) is -0.328. The lowest BCUT2D eigenvalue weighted by Crippen LogP contribution is -2.37. The van der Waals surface area contributed by atoms with Crippen molar-refractivity contribution < 1.29 is 32.3 Å². The molecule has 142 valence electrons. The minimum Gasteiger partial charge on any atom is -0.455 e. The SMILES string of the molecule is C[C@H](c1ccccc1)N1C[C@H](C(=O)OCC(=O)NCC(F)(F)F)CC1=O. The summed E-state index contributed by atoms with van der Waals surface area (Å²) in [5.74, 6) is -2.79. The Balaban J connectivity index is 1.84. The van der Waals surface area contributed by atoms with Gasteiger partial charge in [0.2, 0.25) is 5.91 Å². The van der Waals surface area contributed by atoms with Gasteiger partial charge in [-0.25, -0.2) is 0 Å². The molecule has 6 nitrogen and oxygen atoms in total. The molecule has 0 spiro atoms. The van der Waals surface area contributed by atoms with Crippen LogP contribution in [-0.4, -0.2) is 48.6 Å². The second-order valence-electron chi connectivity index (χ2n) is 6.03. The zero-order valence-electron chi connectivity index (χ0n) is 14.1. The molecule has 1 aliphatic heterocycles. The van der Waals surface area contributed by atoms with Gasteiger partial charge < -0.3 is 15.0 Å². The normalized spacial score (nSPS) is 18.5. The average Bonchev–Trinajstić information content (AvgIpc) is 2.99. The van der Waals surface area contributed by atoms with E-state index in [4.69, 9.17) is 4.74 Å². The number of nitrogens with one attached hydrogen (secondary N) is 1. The van der Waals surface area contributed by atoms with E-state index in [9.17, 15) is 27.6 Å². The van der Waals surface area contributed by atoms with Crippen molar-refractivity contribution in [2.75, 3.05) is 19.7 Å². The van der Waals surface area contributed by atoms with E-state index in [-0.39, 0.29) is 24.9 Å². The minimum absolute atomic E-state index is 0.0554. The van der Waals surface area contributed by atoms with Crippen LogP contribution in [-0.2, 0) is 19.1 Å². The molecule has 9 heteroatoms. The standard InChI is InChI=1S/C17H19F3N2O4/c1-11(12-5-3-2-4-6-12)22-8-13(7-15(22)24)16(25)26-9-14(23)21-10-17(18,19)20/h2-6,11,13H,7-10H2,1H3,(H,21,23)/t11-,13-/m1/s1. The summed E-state index contributed by atoms with van der Waals surface area (Å²) in [6.07, 6.45) is -4.59. The third-order valence-corrected chi connectivity index (χ3v) is 4.07. The lowest BCUT2D eigenvalue weighted by atomic mass is 10.1. The van der Waals surface area contributed by atoms with Gasteiger partial charge in [0.15, 0.2) is 6.61 Å². The van der Waals surface area contributed by atoms with Crippen molar-refractivity contribution in [2.24, 2.45) is 5.92 Å². The van der Waals surface area contributed by atoms with Gasteiger partial charge in [-0.15, -0.1) is 0 Å². The molecule has 1 N–H and O–H groups in total. The lowest BCUT2D eigenvalue weighted by Gasteiger charge is -2.25. The van der Waals surface area contributed by atoms with E-state index in [1.165, 1.54) is 0 Å². The Morgan fingerprint density at radius 2 is 1.96 bits per heavy atom. The van der Waals surface area contributed by atoms with E-state index in [0.29, 0.717) is 0 Å². The summed E-state index contributed by atoms with van der Waals surface area (Å²) < 4.78 is 40.7. The van der Waals surface area contributed by atoms with E-state index < -0.39 is 37.1 Å². The maximum absolute atomic E-state index is 12.2. The molecule has 2 amide bonds. The molecule has 0 saturated carbocycles. The van der Waals surface area contributed by atoms with Gasteiger partial charge in [-0.1, -0.05) is 30.3 Å². The average molecular weight is 372 g/mol. The highest BCUT2D eigenvalue weighted by Crippen LogP contribution is 2.28. The largest absolute Gasteiger partial charge is 0.455 e. The first-order chi connectivity index (χ1) is 12.2. The summed E-state index contributed by atoms with van der Waals surface area (Å²) in [5, 5.41) is 1.61. The van der Waals surface area contributed by atoms with Crippen molar-refractivity contribution in [3.05, 3.63) is 35.9 Å². The van der Waals surface area contributed by atoms with Gasteiger partial charge in [0.25, 0.3) is 5.91 Å². The van der Waals surface area contributed by atoms with Gasteiger partial charge in [0, 0.05) is 13.0 Å². The highest BCUT2D eigenvalue weighted by Gasteiger charge is 2.38. The summed E-state index contributed by atoms with van der Waals surface area (Å²) in [5.41, 5.74) is 0.918. The van der Waals surface area contributed by atoms with Gasteiger partial charge in [-0.2, -0.15) is 13.2 Å². The number of rotatable bonds is 6. The minimum atomic E-state index is -4.54. The van der Waals surface area contributed by atoms with E-state index in [1.54, 1.807) is 10.2 Å². The van der Waals surface area contributed by atoms with Crippen molar-refractivity contribution in [2.45, 2.75) is 25.6 Å². The van der Waals surface area contributed by atoms with Crippen molar-refractivity contribution >= 4 is 17.8 Å². The number of nitrogens with zero attached hydrogens (tertiary/aromatic N) is 1. The van der Waals surface area contributed by atoms with E-state index in [2.05, 4.69) is 0 Å². The van der Waals surface area contributed by atoms with Crippen LogP contribution < -0.4 is 5.32 Å². The molecule has 0 radical (unpaired) electrons. The molecule has 1 saturated heterocycles. The molecule has 1 aliphatic rings. The van der Waals surface area contributed by atoms with Gasteiger partial charge in [0.05, 0.1) is 12.0 Å². The third kappa shape index (κ3) is 5.47. The number of amides is 2. The number of esters is 1. The zero-order valence-corrected chi connectivity index (χ0v) is 14.1. The molecule has 1 aromatic rings. The second-order valence-corrected chi connectivity index (χ2v) is 6.03. The molecular weight excluding hydrogens is 353 g/mol. The Kier molecular flexibility index (Phi) is 6.23. The smallest absolute Gasteiger partial charge is 0.405 e. The first kappa shape index (κ1) is 19.7. The molecule has 0 aliphatic carbocycles. The molecule has 0 aromatic heterocycles. The van der Waals surface area contributed by atoms with Crippen molar-refractivity contribution in [1.82, 2.24) is 10.2 Å². The van der Waals surface area contributed by atoms with Gasteiger partial charge >= 0.3 is 12.1 Å². The molecule has 0 bridgehead atoms. The van der Waals surface area contributed by atoms with Crippen LogP contribution in [0.15, 0.2) is 30.3 Å².